The van der Waals surface area contributed by atoms with Gasteiger partial charge in [0.1, 0.15) is 17.2 Å². The maximum atomic E-state index is 11.9. The Morgan fingerprint density at radius 1 is 0.703 bits per heavy atom. The number of carboxylic acid groups (broad SMARTS) is 2. The fourth-order valence-electron chi connectivity index (χ4n) is 4.21. The summed E-state index contributed by atoms with van der Waals surface area (Å²) in [5.41, 5.74) is 4.43. The molecule has 0 aliphatic rings. The molecule has 0 fully saturated rings. The number of H-pyrrole nitrogens is 1. The van der Waals surface area contributed by atoms with Crippen molar-refractivity contribution in [2.45, 2.75) is 13.2 Å². The monoisotopic (exact) mass is 493 g/mol. The molecular weight excluding hydrogens is 470 g/mol. The summed E-state index contributed by atoms with van der Waals surface area (Å²) in [4.78, 5) is 25.9. The molecule has 3 N–H and O–H groups in total. The highest BCUT2D eigenvalue weighted by molar-refractivity contribution is 6.07. The molecule has 0 amide bonds. The summed E-state index contributed by atoms with van der Waals surface area (Å²) < 4.78 is 11.8. The molecule has 7 heteroatoms. The third-order valence-corrected chi connectivity index (χ3v) is 5.91. The first-order valence-electron chi connectivity index (χ1n) is 11.6. The molecule has 0 atom stereocenters. The number of aromatic amines is 1. The molecule has 0 aliphatic heterocycles. The number of hydrogen-bond acceptors (Lipinski definition) is 4. The number of carboxylic acids is 2. The van der Waals surface area contributed by atoms with Gasteiger partial charge < -0.3 is 24.7 Å². The Morgan fingerprint density at radius 3 is 2.14 bits per heavy atom. The predicted octanol–water partition coefficient (Wildman–Crippen LogP) is 6.74. The smallest absolute Gasteiger partial charge is 0.352 e. The molecule has 1 heterocycles. The summed E-state index contributed by atoms with van der Waals surface area (Å²) in [7, 11) is 0. The average molecular weight is 494 g/mol. The van der Waals surface area contributed by atoms with Crippen LogP contribution in [0.5, 0.6) is 11.5 Å². The van der Waals surface area contributed by atoms with Gasteiger partial charge in [-0.1, -0.05) is 48.5 Å². The van der Waals surface area contributed by atoms with Crippen LogP contribution in [0.1, 0.15) is 32.0 Å². The van der Waals surface area contributed by atoms with Gasteiger partial charge in [-0.3, -0.25) is 0 Å². The van der Waals surface area contributed by atoms with Crippen LogP contribution in [0.15, 0.2) is 97.1 Å². The van der Waals surface area contributed by atoms with E-state index in [9.17, 15) is 14.7 Å². The summed E-state index contributed by atoms with van der Waals surface area (Å²) in [6.45, 7) is 0.702. The van der Waals surface area contributed by atoms with E-state index in [1.807, 2.05) is 72.8 Å². The minimum atomic E-state index is -1.01. The first kappa shape index (κ1) is 23.8. The number of ether oxygens (including phenoxy) is 2. The highest BCUT2D eigenvalue weighted by atomic mass is 16.5. The van der Waals surface area contributed by atoms with Crippen molar-refractivity contribution in [1.29, 1.82) is 0 Å². The topological polar surface area (TPSA) is 109 Å². The van der Waals surface area contributed by atoms with Crippen LogP contribution in [0.3, 0.4) is 0 Å². The minimum absolute atomic E-state index is 0.161. The molecule has 1 aromatic heterocycles. The van der Waals surface area contributed by atoms with E-state index in [2.05, 4.69) is 4.98 Å². The zero-order valence-electron chi connectivity index (χ0n) is 19.7. The van der Waals surface area contributed by atoms with Crippen molar-refractivity contribution in [3.8, 4) is 22.6 Å². The van der Waals surface area contributed by atoms with E-state index in [1.165, 1.54) is 12.1 Å². The lowest BCUT2D eigenvalue weighted by Crippen LogP contribution is -1.99. The number of carbonyl (C=O) groups is 2. The van der Waals surface area contributed by atoms with Crippen molar-refractivity contribution >= 4 is 22.8 Å². The molecule has 5 rings (SSSR count). The number of nitrogens with one attached hydrogen (secondary N) is 1. The zero-order chi connectivity index (χ0) is 25.8. The highest BCUT2D eigenvalue weighted by Crippen LogP contribution is 2.33. The lowest BCUT2D eigenvalue weighted by Gasteiger charge is -2.10. The molecule has 0 saturated carbocycles. The predicted molar refractivity (Wildman–Crippen MR) is 139 cm³/mol. The zero-order valence-corrected chi connectivity index (χ0v) is 19.7. The third-order valence-electron chi connectivity index (χ3n) is 5.91. The average Bonchev–Trinajstić information content (AvgIpc) is 3.30. The van der Waals surface area contributed by atoms with Crippen LogP contribution in [0, 0.1) is 0 Å². The van der Waals surface area contributed by atoms with Crippen molar-refractivity contribution in [3.63, 3.8) is 0 Å². The first-order chi connectivity index (χ1) is 18.0. The molecule has 4 aromatic carbocycles. The fourth-order valence-corrected chi connectivity index (χ4v) is 4.21. The second kappa shape index (κ2) is 10.4. The van der Waals surface area contributed by atoms with E-state index < -0.39 is 11.9 Å². The lowest BCUT2D eigenvalue weighted by molar-refractivity contribution is 0.0683. The van der Waals surface area contributed by atoms with Gasteiger partial charge in [0, 0.05) is 16.5 Å². The van der Waals surface area contributed by atoms with Crippen molar-refractivity contribution in [2.24, 2.45) is 0 Å². The molecule has 0 bridgehead atoms. The minimum Gasteiger partial charge on any atom is -0.478 e. The van der Waals surface area contributed by atoms with E-state index in [0.717, 1.165) is 27.6 Å². The summed E-state index contributed by atoms with van der Waals surface area (Å²) in [5, 5.41) is 19.6. The van der Waals surface area contributed by atoms with E-state index in [4.69, 9.17) is 14.6 Å². The summed E-state index contributed by atoms with van der Waals surface area (Å²) in [6.07, 6.45) is 0. The van der Waals surface area contributed by atoms with Gasteiger partial charge in [-0.05, 0) is 65.2 Å². The van der Waals surface area contributed by atoms with Crippen molar-refractivity contribution in [3.05, 3.63) is 119 Å². The van der Waals surface area contributed by atoms with Crippen LogP contribution >= 0.6 is 0 Å². The number of hydrogen-bond donors (Lipinski definition) is 3. The van der Waals surface area contributed by atoms with Crippen LogP contribution < -0.4 is 4.74 Å². The SMILES string of the molecule is O=C(O)c1ccc(Oc2cccc(COCc3cccc(-c4c(C(=O)O)[nH]c5ccccc45)c3)c2)cc1. The molecule has 7 nitrogen and oxygen atoms in total. The van der Waals surface area contributed by atoms with E-state index in [1.54, 1.807) is 12.1 Å². The number of benzene rings is 4. The first-order valence-corrected chi connectivity index (χ1v) is 11.6. The molecule has 0 aliphatic carbocycles. The third kappa shape index (κ3) is 5.37. The molecule has 0 saturated heterocycles. The second-order valence-electron chi connectivity index (χ2n) is 8.50. The van der Waals surface area contributed by atoms with Crippen LogP contribution in [0.25, 0.3) is 22.0 Å². The van der Waals surface area contributed by atoms with Crippen LogP contribution in [-0.2, 0) is 18.0 Å². The molecule has 184 valence electrons. The quantitative estimate of drug-likeness (QED) is 0.210. The standard InChI is InChI=1S/C30H23NO6/c32-29(33)21-11-13-23(14-12-21)37-24-8-4-6-20(16-24)18-36-17-19-5-3-7-22(15-19)27-25-9-1-2-10-26(25)31-28(27)30(34)35/h1-16,31H,17-18H2,(H,32,33)(H,34,35). The van der Waals surface area contributed by atoms with Gasteiger partial charge in [0.2, 0.25) is 0 Å². The van der Waals surface area contributed by atoms with Gasteiger partial charge in [-0.15, -0.1) is 0 Å². The van der Waals surface area contributed by atoms with Gasteiger partial charge in [0.25, 0.3) is 0 Å². The van der Waals surface area contributed by atoms with Gasteiger partial charge in [0.15, 0.2) is 0 Å². The molecule has 5 aromatic rings. The highest BCUT2D eigenvalue weighted by Gasteiger charge is 2.18. The van der Waals surface area contributed by atoms with Crippen LogP contribution in [-0.4, -0.2) is 27.1 Å². The van der Waals surface area contributed by atoms with Crippen LogP contribution in [0.2, 0.25) is 0 Å². The number of para-hydroxylation sites is 1. The Bertz CT molecular complexity index is 1590. The molecule has 0 radical (unpaired) electrons. The maximum absolute atomic E-state index is 11.9. The van der Waals surface area contributed by atoms with E-state index in [-0.39, 0.29) is 11.3 Å². The summed E-state index contributed by atoms with van der Waals surface area (Å²) in [6, 6.07) is 28.9. The van der Waals surface area contributed by atoms with Crippen molar-refractivity contribution in [2.75, 3.05) is 0 Å². The molecular formula is C30H23NO6. The van der Waals surface area contributed by atoms with E-state index >= 15 is 0 Å². The number of aromatic nitrogens is 1. The molecule has 37 heavy (non-hydrogen) atoms. The largest absolute Gasteiger partial charge is 0.478 e. The molecule has 0 spiro atoms. The van der Waals surface area contributed by atoms with E-state index in [0.29, 0.717) is 30.3 Å². The Hall–Kier alpha value is -4.88. The normalized spacial score (nSPS) is 10.9. The Labute approximate surface area is 212 Å². The summed E-state index contributed by atoms with van der Waals surface area (Å²) in [5.74, 6) is -0.836. The van der Waals surface area contributed by atoms with Gasteiger partial charge in [-0.25, -0.2) is 9.59 Å². The fraction of sp³-hybridized carbons (Fsp3) is 0.0667. The number of fused-ring (bicyclic) bond motifs is 1. The Kier molecular flexibility index (Phi) is 6.70. The summed E-state index contributed by atoms with van der Waals surface area (Å²) >= 11 is 0. The van der Waals surface area contributed by atoms with Gasteiger partial charge in [-0.2, -0.15) is 0 Å². The van der Waals surface area contributed by atoms with Gasteiger partial charge >= 0.3 is 11.9 Å². The Morgan fingerprint density at radius 2 is 1.41 bits per heavy atom. The Balaban J connectivity index is 1.27. The molecule has 0 unspecified atom stereocenters. The van der Waals surface area contributed by atoms with Crippen molar-refractivity contribution < 1.29 is 29.3 Å². The van der Waals surface area contributed by atoms with Crippen LogP contribution in [0.4, 0.5) is 0 Å². The number of aromatic carboxylic acids is 2. The number of rotatable bonds is 9. The lowest BCUT2D eigenvalue weighted by atomic mass is 10.00. The second-order valence-corrected chi connectivity index (χ2v) is 8.50. The van der Waals surface area contributed by atoms with Crippen molar-refractivity contribution in [1.82, 2.24) is 4.98 Å². The maximum Gasteiger partial charge on any atom is 0.352 e. The van der Waals surface area contributed by atoms with Gasteiger partial charge in [0.05, 0.1) is 18.8 Å².